The first-order valence-corrected chi connectivity index (χ1v) is 13.5. The highest BCUT2D eigenvalue weighted by Crippen LogP contribution is 2.33. The van der Waals surface area contributed by atoms with Crippen molar-refractivity contribution in [2.75, 3.05) is 13.1 Å². The van der Waals surface area contributed by atoms with Gasteiger partial charge in [0.1, 0.15) is 29.7 Å². The van der Waals surface area contributed by atoms with Gasteiger partial charge in [-0.3, -0.25) is 9.88 Å². The van der Waals surface area contributed by atoms with Crippen molar-refractivity contribution >= 4 is 28.6 Å². The fourth-order valence-corrected chi connectivity index (χ4v) is 5.31. The smallest absolute Gasteiger partial charge is 0.335 e. The Hall–Kier alpha value is -4.35. The highest BCUT2D eigenvalue weighted by molar-refractivity contribution is 6.30. The molecule has 2 aromatic carbocycles. The van der Waals surface area contributed by atoms with Gasteiger partial charge in [0.05, 0.1) is 35.9 Å². The summed E-state index contributed by atoms with van der Waals surface area (Å²) in [6.45, 7) is 2.58. The zero-order valence-electron chi connectivity index (χ0n) is 21.9. The Balaban J connectivity index is 1.16. The summed E-state index contributed by atoms with van der Waals surface area (Å²) in [5.41, 5.74) is 2.80. The minimum atomic E-state index is -0.992. The number of piperidine rings is 1. The molecule has 0 radical (unpaired) electrons. The molecule has 0 atom stereocenters. The van der Waals surface area contributed by atoms with Gasteiger partial charge >= 0.3 is 5.97 Å². The maximum atomic E-state index is 14.2. The van der Waals surface area contributed by atoms with Crippen molar-refractivity contribution in [1.29, 1.82) is 0 Å². The number of halogens is 2. The Labute approximate surface area is 239 Å². The largest absolute Gasteiger partial charge is 0.478 e. The fourth-order valence-electron chi connectivity index (χ4n) is 5.16. The van der Waals surface area contributed by atoms with Crippen LogP contribution in [0.25, 0.3) is 11.0 Å². The lowest BCUT2D eigenvalue weighted by Gasteiger charge is -2.31. The molecule has 1 aliphatic rings. The van der Waals surface area contributed by atoms with E-state index >= 15 is 0 Å². The third-order valence-electron chi connectivity index (χ3n) is 7.28. The molecule has 4 heterocycles. The molecule has 3 aromatic heterocycles. The average molecular weight is 577 g/mol. The summed E-state index contributed by atoms with van der Waals surface area (Å²) in [6.07, 6.45) is 7.89. The van der Waals surface area contributed by atoms with Crippen LogP contribution in [-0.4, -0.2) is 53.6 Å². The summed E-state index contributed by atoms with van der Waals surface area (Å²) in [5.74, 6) is 0.586. The van der Waals surface area contributed by atoms with Crippen LogP contribution in [0.5, 0.6) is 5.88 Å². The number of aromatic nitrogens is 5. The maximum Gasteiger partial charge on any atom is 0.335 e. The second kappa shape index (κ2) is 11.6. The minimum Gasteiger partial charge on any atom is -0.478 e. The molecule has 10 nitrogen and oxygen atoms in total. The summed E-state index contributed by atoms with van der Waals surface area (Å²) >= 11 is 5.86. The van der Waals surface area contributed by atoms with Crippen LogP contribution in [0.2, 0.25) is 5.02 Å². The number of hydrogen-bond acceptors (Lipinski definition) is 8. The number of nitrogens with zero attached hydrogens (tertiary/aromatic N) is 6. The molecule has 1 saturated heterocycles. The Bertz CT molecular complexity index is 1680. The number of carboxylic acids is 1. The summed E-state index contributed by atoms with van der Waals surface area (Å²) in [6, 6.07) is 9.43. The fraction of sp³-hybridized carbons (Fsp3) is 0.276. The van der Waals surface area contributed by atoms with E-state index in [0.717, 1.165) is 48.5 Å². The van der Waals surface area contributed by atoms with Crippen LogP contribution >= 0.6 is 11.6 Å². The van der Waals surface area contributed by atoms with E-state index in [1.807, 2.05) is 4.57 Å². The second-order valence-corrected chi connectivity index (χ2v) is 10.3. The van der Waals surface area contributed by atoms with Crippen LogP contribution in [-0.2, 0) is 19.7 Å². The number of benzene rings is 2. The lowest BCUT2D eigenvalue weighted by Crippen LogP contribution is -2.33. The first-order valence-electron chi connectivity index (χ1n) is 13.1. The number of hydrogen-bond donors (Lipinski definition) is 1. The lowest BCUT2D eigenvalue weighted by molar-refractivity contribution is 0.0697. The SMILES string of the molecule is O=C(O)c1ccc2nc(CN3CCC(c4nccnc4OCc4ccc(Cl)cc4F)CC3)n(Cc3cnco3)c2c1. The molecule has 0 saturated carbocycles. The standard InChI is InChI=1S/C29H26ClFN6O4/c30-21-3-1-20(23(31)12-21)16-40-28-27(33-7-8-34-28)18-5-9-36(10-6-18)15-26-35-24-4-2-19(29(38)39)11-25(24)37(26)14-22-13-32-17-41-22/h1-4,7-8,11-13,17-18H,5-6,9-10,14-16H2,(H,38,39). The van der Waals surface area contributed by atoms with Crippen molar-refractivity contribution in [3.05, 3.63) is 101 Å². The summed E-state index contributed by atoms with van der Waals surface area (Å²) in [4.78, 5) is 31.7. The van der Waals surface area contributed by atoms with Crippen molar-refractivity contribution in [1.82, 2.24) is 29.4 Å². The van der Waals surface area contributed by atoms with Gasteiger partial charge in [0, 0.05) is 28.9 Å². The molecular weight excluding hydrogens is 551 g/mol. The zero-order valence-corrected chi connectivity index (χ0v) is 22.7. The van der Waals surface area contributed by atoms with Crippen LogP contribution in [0.1, 0.15) is 52.0 Å². The molecule has 210 valence electrons. The van der Waals surface area contributed by atoms with E-state index in [0.29, 0.717) is 35.3 Å². The maximum absolute atomic E-state index is 14.2. The first-order chi connectivity index (χ1) is 19.9. The average Bonchev–Trinajstić information content (AvgIpc) is 3.61. The van der Waals surface area contributed by atoms with Crippen molar-refractivity contribution in [3.8, 4) is 5.88 Å². The van der Waals surface area contributed by atoms with Crippen LogP contribution in [0.15, 0.2) is 65.8 Å². The predicted molar refractivity (Wildman–Crippen MR) is 147 cm³/mol. The van der Waals surface area contributed by atoms with Crippen LogP contribution in [0.4, 0.5) is 4.39 Å². The number of imidazole rings is 1. The van der Waals surface area contributed by atoms with Gasteiger partial charge in [0.15, 0.2) is 6.39 Å². The van der Waals surface area contributed by atoms with Crippen LogP contribution < -0.4 is 4.74 Å². The first kappa shape index (κ1) is 26.9. The van der Waals surface area contributed by atoms with Crippen molar-refractivity contribution in [3.63, 3.8) is 0 Å². The Morgan fingerprint density at radius 3 is 2.71 bits per heavy atom. The Kier molecular flexibility index (Phi) is 7.62. The van der Waals surface area contributed by atoms with Gasteiger partial charge in [-0.15, -0.1) is 0 Å². The number of ether oxygens (including phenoxy) is 1. The summed E-state index contributed by atoms with van der Waals surface area (Å²) in [5, 5.41) is 9.84. The minimum absolute atomic E-state index is 0.0263. The molecule has 12 heteroatoms. The number of carbonyl (C=O) groups is 1. The number of likely N-dealkylation sites (tertiary alicyclic amines) is 1. The summed E-state index contributed by atoms with van der Waals surface area (Å²) in [7, 11) is 0. The third-order valence-corrected chi connectivity index (χ3v) is 7.52. The number of fused-ring (bicyclic) bond motifs is 1. The van der Waals surface area contributed by atoms with Crippen LogP contribution in [0.3, 0.4) is 0 Å². The van der Waals surface area contributed by atoms with Gasteiger partial charge in [-0.05, 0) is 56.3 Å². The summed E-state index contributed by atoms with van der Waals surface area (Å²) < 4.78 is 27.6. The third kappa shape index (κ3) is 5.91. The molecule has 5 aromatic rings. The van der Waals surface area contributed by atoms with Crippen molar-refractivity contribution in [2.24, 2.45) is 0 Å². The predicted octanol–water partition coefficient (Wildman–Crippen LogP) is 5.31. The van der Waals surface area contributed by atoms with Gasteiger partial charge in [0.25, 0.3) is 0 Å². The van der Waals surface area contributed by atoms with E-state index in [1.54, 1.807) is 48.9 Å². The second-order valence-electron chi connectivity index (χ2n) is 9.91. The molecule has 41 heavy (non-hydrogen) atoms. The topological polar surface area (TPSA) is 119 Å². The molecule has 1 N–H and O–H groups in total. The molecule has 1 fully saturated rings. The molecule has 0 spiro atoms. The number of carboxylic acid groups (broad SMARTS) is 1. The van der Waals surface area contributed by atoms with E-state index in [9.17, 15) is 14.3 Å². The molecular formula is C29H26ClFN6O4. The van der Waals surface area contributed by atoms with Gasteiger partial charge in [-0.25, -0.2) is 24.1 Å². The molecule has 0 aliphatic carbocycles. The Morgan fingerprint density at radius 2 is 1.95 bits per heavy atom. The van der Waals surface area contributed by atoms with Gasteiger partial charge in [-0.2, -0.15) is 0 Å². The number of aromatic carboxylic acids is 1. The lowest BCUT2D eigenvalue weighted by atomic mass is 9.93. The van der Waals surface area contributed by atoms with Gasteiger partial charge in [0.2, 0.25) is 5.88 Å². The number of oxazole rings is 1. The van der Waals surface area contributed by atoms with E-state index in [4.69, 9.17) is 25.7 Å². The van der Waals surface area contributed by atoms with E-state index in [-0.39, 0.29) is 18.1 Å². The van der Waals surface area contributed by atoms with Gasteiger partial charge in [-0.1, -0.05) is 17.7 Å². The monoisotopic (exact) mass is 576 g/mol. The van der Waals surface area contributed by atoms with Gasteiger partial charge < -0.3 is 18.8 Å². The Morgan fingerprint density at radius 1 is 1.12 bits per heavy atom. The number of rotatable bonds is 9. The highest BCUT2D eigenvalue weighted by Gasteiger charge is 2.27. The molecule has 0 amide bonds. The van der Waals surface area contributed by atoms with E-state index in [1.165, 1.54) is 12.5 Å². The van der Waals surface area contributed by atoms with Crippen LogP contribution in [0, 0.1) is 5.82 Å². The normalized spacial score (nSPS) is 14.5. The highest BCUT2D eigenvalue weighted by atomic mass is 35.5. The van der Waals surface area contributed by atoms with E-state index < -0.39 is 11.8 Å². The van der Waals surface area contributed by atoms with Crippen molar-refractivity contribution in [2.45, 2.75) is 38.5 Å². The molecule has 0 bridgehead atoms. The van der Waals surface area contributed by atoms with Crippen molar-refractivity contribution < 1.29 is 23.4 Å². The quantitative estimate of drug-likeness (QED) is 0.249. The van der Waals surface area contributed by atoms with E-state index in [2.05, 4.69) is 19.9 Å². The molecule has 1 aliphatic heterocycles. The molecule has 6 rings (SSSR count). The zero-order chi connectivity index (χ0) is 28.3. The molecule has 0 unspecified atom stereocenters.